The van der Waals surface area contributed by atoms with Crippen molar-refractivity contribution in [2.45, 2.75) is 59.5 Å². The lowest BCUT2D eigenvalue weighted by atomic mass is 9.83. The highest BCUT2D eigenvalue weighted by Crippen LogP contribution is 2.46. The number of hydrogen-bond donors (Lipinski definition) is 1. The molecule has 0 saturated carbocycles. The highest BCUT2D eigenvalue weighted by atomic mass is 16.5. The van der Waals surface area contributed by atoms with Gasteiger partial charge in [0.1, 0.15) is 0 Å². The fourth-order valence-electron chi connectivity index (χ4n) is 3.22. The van der Waals surface area contributed by atoms with Gasteiger partial charge in [-0.3, -0.25) is 0 Å². The molecule has 0 spiro atoms. The maximum atomic E-state index is 9.76. The Morgan fingerprint density at radius 1 is 1.09 bits per heavy atom. The molecule has 2 heteroatoms. The average Bonchev–Trinajstić information content (AvgIpc) is 2.81. The van der Waals surface area contributed by atoms with E-state index in [0.717, 1.165) is 6.42 Å². The molecule has 2 nitrogen and oxygen atoms in total. The van der Waals surface area contributed by atoms with Crippen LogP contribution in [0.2, 0.25) is 0 Å². The lowest BCUT2D eigenvalue weighted by Gasteiger charge is -2.25. The molecule has 0 aliphatic heterocycles. The Hall–Kier alpha value is -1.12. The van der Waals surface area contributed by atoms with Gasteiger partial charge in [0.05, 0.1) is 12.2 Å². The molecular formula is C21H32O2. The molecule has 2 atom stereocenters. The van der Waals surface area contributed by atoms with E-state index < -0.39 is 0 Å². The van der Waals surface area contributed by atoms with Crippen LogP contribution < -0.4 is 0 Å². The molecule has 0 fully saturated rings. The second-order valence-electron chi connectivity index (χ2n) is 8.73. The molecule has 1 N–H and O–H groups in total. The second-order valence-corrected chi connectivity index (χ2v) is 8.73. The van der Waals surface area contributed by atoms with E-state index in [1.807, 2.05) is 0 Å². The Balaban J connectivity index is 2.17. The fourth-order valence-corrected chi connectivity index (χ4v) is 3.22. The van der Waals surface area contributed by atoms with Gasteiger partial charge in [-0.25, -0.2) is 0 Å². The number of aliphatic hydroxyl groups is 1. The summed E-state index contributed by atoms with van der Waals surface area (Å²) in [5, 5.41) is 9.76. The highest BCUT2D eigenvalue weighted by molar-refractivity contribution is 5.77. The third-order valence-corrected chi connectivity index (χ3v) is 4.42. The predicted molar refractivity (Wildman–Crippen MR) is 97.5 cm³/mol. The molecule has 0 heterocycles. The Kier molecular flexibility index (Phi) is 5.37. The van der Waals surface area contributed by atoms with Crippen LogP contribution in [0.25, 0.3) is 5.57 Å². The summed E-state index contributed by atoms with van der Waals surface area (Å²) in [5.74, 6) is 0.545. The molecular weight excluding hydrogens is 284 g/mol. The zero-order valence-electron chi connectivity index (χ0n) is 15.5. The Morgan fingerprint density at radius 2 is 1.74 bits per heavy atom. The lowest BCUT2D eigenvalue weighted by Crippen LogP contribution is -2.25. The second kappa shape index (κ2) is 6.78. The first kappa shape index (κ1) is 18.2. The SMILES string of the molecule is CC(C)(C)OCC(CO)CC1C=C(C(C)(C)C)c2ccccc21. The van der Waals surface area contributed by atoms with E-state index in [1.54, 1.807) is 0 Å². The van der Waals surface area contributed by atoms with Gasteiger partial charge < -0.3 is 9.84 Å². The van der Waals surface area contributed by atoms with E-state index in [4.69, 9.17) is 4.74 Å². The van der Waals surface area contributed by atoms with Gasteiger partial charge in [0, 0.05) is 18.4 Å². The normalized spacial score (nSPS) is 19.4. The molecule has 128 valence electrons. The Bertz CT molecular complexity index is 558. The van der Waals surface area contributed by atoms with Crippen LogP contribution in [-0.4, -0.2) is 23.9 Å². The zero-order chi connectivity index (χ0) is 17.3. The minimum Gasteiger partial charge on any atom is -0.396 e. The van der Waals surface area contributed by atoms with Crippen LogP contribution in [0.4, 0.5) is 0 Å². The van der Waals surface area contributed by atoms with Crippen molar-refractivity contribution in [3.05, 3.63) is 41.5 Å². The summed E-state index contributed by atoms with van der Waals surface area (Å²) >= 11 is 0. The van der Waals surface area contributed by atoms with Gasteiger partial charge in [-0.1, -0.05) is 51.1 Å². The molecule has 2 unspecified atom stereocenters. The minimum atomic E-state index is -0.159. The van der Waals surface area contributed by atoms with Crippen LogP contribution in [0.3, 0.4) is 0 Å². The maximum Gasteiger partial charge on any atom is 0.0598 e. The molecule has 23 heavy (non-hydrogen) atoms. The van der Waals surface area contributed by atoms with Gasteiger partial charge in [0.15, 0.2) is 0 Å². The van der Waals surface area contributed by atoms with Gasteiger partial charge in [-0.05, 0) is 49.3 Å². The van der Waals surface area contributed by atoms with Crippen molar-refractivity contribution in [3.63, 3.8) is 0 Å². The molecule has 0 saturated heterocycles. The van der Waals surface area contributed by atoms with Crippen LogP contribution in [0.1, 0.15) is 65.0 Å². The summed E-state index contributed by atoms with van der Waals surface area (Å²) in [7, 11) is 0. The zero-order valence-corrected chi connectivity index (χ0v) is 15.5. The molecule has 1 aromatic carbocycles. The first-order valence-corrected chi connectivity index (χ1v) is 8.68. The standard InChI is InChI=1S/C21H32O2/c1-20(2,3)19-12-16(17-9-7-8-10-18(17)19)11-15(13-22)14-23-21(4,5)6/h7-10,12,15-16,22H,11,13-14H2,1-6H3. The third-order valence-electron chi connectivity index (χ3n) is 4.42. The van der Waals surface area contributed by atoms with Crippen LogP contribution in [0, 0.1) is 11.3 Å². The summed E-state index contributed by atoms with van der Waals surface area (Å²) < 4.78 is 5.89. The summed E-state index contributed by atoms with van der Waals surface area (Å²) in [6.07, 6.45) is 3.34. The lowest BCUT2D eigenvalue weighted by molar-refractivity contribution is -0.0329. The van der Waals surface area contributed by atoms with Crippen molar-refractivity contribution in [2.75, 3.05) is 13.2 Å². The summed E-state index contributed by atoms with van der Waals surface area (Å²) in [6.45, 7) is 13.8. The first-order valence-electron chi connectivity index (χ1n) is 8.68. The quantitative estimate of drug-likeness (QED) is 0.826. The Labute approximate surface area is 141 Å². The third kappa shape index (κ3) is 4.68. The van der Waals surface area contributed by atoms with Gasteiger partial charge in [0.25, 0.3) is 0 Å². The Morgan fingerprint density at radius 3 is 2.30 bits per heavy atom. The highest BCUT2D eigenvalue weighted by Gasteiger charge is 2.31. The number of benzene rings is 1. The van der Waals surface area contributed by atoms with Crippen molar-refractivity contribution in [2.24, 2.45) is 11.3 Å². The molecule has 0 bridgehead atoms. The van der Waals surface area contributed by atoms with Crippen molar-refractivity contribution in [3.8, 4) is 0 Å². The monoisotopic (exact) mass is 316 g/mol. The molecule has 0 radical (unpaired) electrons. The predicted octanol–water partition coefficient (Wildman–Crippen LogP) is 5.03. The van der Waals surface area contributed by atoms with Gasteiger partial charge in [0.2, 0.25) is 0 Å². The molecule has 0 amide bonds. The largest absolute Gasteiger partial charge is 0.396 e. The first-order chi connectivity index (χ1) is 10.6. The van der Waals surface area contributed by atoms with E-state index in [9.17, 15) is 5.11 Å². The smallest absolute Gasteiger partial charge is 0.0598 e. The number of fused-ring (bicyclic) bond motifs is 1. The van der Waals surface area contributed by atoms with Crippen molar-refractivity contribution in [1.29, 1.82) is 0 Å². The van der Waals surface area contributed by atoms with Crippen LogP contribution in [-0.2, 0) is 4.74 Å². The average molecular weight is 316 g/mol. The van der Waals surface area contributed by atoms with Crippen LogP contribution >= 0.6 is 0 Å². The molecule has 0 aromatic heterocycles. The molecule has 1 aromatic rings. The van der Waals surface area contributed by atoms with E-state index in [1.165, 1.54) is 16.7 Å². The van der Waals surface area contributed by atoms with E-state index in [0.29, 0.717) is 12.5 Å². The number of hydrogen-bond acceptors (Lipinski definition) is 2. The van der Waals surface area contributed by atoms with Gasteiger partial charge in [-0.15, -0.1) is 0 Å². The minimum absolute atomic E-state index is 0.140. The number of aliphatic hydroxyl groups excluding tert-OH is 1. The molecule has 2 rings (SSSR count). The van der Waals surface area contributed by atoms with E-state index >= 15 is 0 Å². The van der Waals surface area contributed by atoms with Crippen LogP contribution in [0.15, 0.2) is 30.3 Å². The van der Waals surface area contributed by atoms with Gasteiger partial charge >= 0.3 is 0 Å². The molecule has 1 aliphatic carbocycles. The van der Waals surface area contributed by atoms with E-state index in [-0.39, 0.29) is 23.5 Å². The maximum absolute atomic E-state index is 9.76. The number of allylic oxidation sites excluding steroid dienone is 2. The van der Waals surface area contributed by atoms with Gasteiger partial charge in [-0.2, -0.15) is 0 Å². The summed E-state index contributed by atoms with van der Waals surface area (Å²) in [4.78, 5) is 0. The van der Waals surface area contributed by atoms with Crippen LogP contribution in [0.5, 0.6) is 0 Å². The van der Waals surface area contributed by atoms with Crippen molar-refractivity contribution < 1.29 is 9.84 Å². The van der Waals surface area contributed by atoms with Crippen molar-refractivity contribution in [1.82, 2.24) is 0 Å². The number of ether oxygens (including phenoxy) is 1. The number of rotatable bonds is 5. The van der Waals surface area contributed by atoms with E-state index in [2.05, 4.69) is 71.9 Å². The topological polar surface area (TPSA) is 29.5 Å². The van der Waals surface area contributed by atoms with Crippen molar-refractivity contribution >= 4 is 5.57 Å². The summed E-state index contributed by atoms with van der Waals surface area (Å²) in [5.41, 5.74) is 4.17. The fraction of sp³-hybridized carbons (Fsp3) is 0.619. The summed E-state index contributed by atoms with van der Waals surface area (Å²) in [6, 6.07) is 8.69. The molecule has 1 aliphatic rings.